The zero-order chi connectivity index (χ0) is 38.5. The molecule has 4 unspecified atom stereocenters. The molecule has 0 aliphatic carbocycles. The van der Waals surface area contributed by atoms with E-state index in [1.54, 1.807) is 27.7 Å². The quantitative estimate of drug-likeness (QED) is 0.101. The first-order valence-electron chi connectivity index (χ1n) is 19.1. The molecular weight excluding hydrogens is 749 g/mol. The van der Waals surface area contributed by atoms with Crippen molar-refractivity contribution in [1.29, 1.82) is 0 Å². The molecule has 8 nitrogen and oxygen atoms in total. The minimum absolute atomic E-state index is 0. The van der Waals surface area contributed by atoms with E-state index in [1.165, 1.54) is 0 Å². The molecule has 9 heteroatoms. The second-order valence-electron chi connectivity index (χ2n) is 14.8. The Kier molecular flexibility index (Phi) is 38.9. The van der Waals surface area contributed by atoms with Crippen LogP contribution in [0.5, 0.6) is 0 Å². The molecule has 0 fully saturated rings. The number of unbranched alkanes of at least 4 members (excludes halogenated alkanes) is 4. The summed E-state index contributed by atoms with van der Waals surface area (Å²) in [4.78, 5) is 43.2. The molecule has 0 spiro atoms. The number of carbonyl (C=O) groups is 4. The Morgan fingerprint density at radius 2 is 0.469 bits per heavy atom. The number of carboxylic acid groups (broad SMARTS) is 4. The van der Waals surface area contributed by atoms with Gasteiger partial charge in [-0.05, 0) is 51.4 Å². The van der Waals surface area contributed by atoms with Crippen LogP contribution in [0.4, 0.5) is 0 Å². The Morgan fingerprint density at radius 3 is 0.551 bits per heavy atom. The predicted molar refractivity (Wildman–Crippen MR) is 190 cm³/mol. The Hall–Kier alpha value is -0.743. The minimum atomic E-state index is -0.891. The average molecular weight is 825 g/mol. The van der Waals surface area contributed by atoms with Crippen LogP contribution in [0.25, 0.3) is 0 Å². The zero-order valence-electron chi connectivity index (χ0n) is 33.9. The molecule has 0 aromatic heterocycles. The van der Waals surface area contributed by atoms with Crippen LogP contribution in [-0.2, 0) is 19.2 Å². The first kappa shape index (κ1) is 57.6. The van der Waals surface area contributed by atoms with Crippen molar-refractivity contribution in [3.05, 3.63) is 0 Å². The van der Waals surface area contributed by atoms with Gasteiger partial charge in [0, 0.05) is 45.5 Å². The fourth-order valence-corrected chi connectivity index (χ4v) is 5.79. The normalized spacial score (nSPS) is 15.3. The predicted octanol–water partition coefficient (Wildman–Crippen LogP) is 6.93. The van der Waals surface area contributed by atoms with Crippen LogP contribution in [0.2, 0.25) is 0 Å². The molecule has 0 bridgehead atoms. The van der Waals surface area contributed by atoms with Gasteiger partial charge >= 0.3 is 41.7 Å². The van der Waals surface area contributed by atoms with Crippen molar-refractivity contribution >= 4 is 23.9 Å². The van der Waals surface area contributed by atoms with E-state index in [4.69, 9.17) is 0 Å². The molecule has 0 aliphatic rings. The van der Waals surface area contributed by atoms with Crippen molar-refractivity contribution in [3.63, 3.8) is 0 Å². The molecule has 0 aromatic rings. The monoisotopic (exact) mass is 824 g/mol. The van der Waals surface area contributed by atoms with Gasteiger partial charge in [-0.1, -0.05) is 160 Å². The van der Waals surface area contributed by atoms with Gasteiger partial charge in [0.05, 0.1) is 0 Å². The summed E-state index contributed by atoms with van der Waals surface area (Å²) in [6.45, 7) is 23.5. The zero-order valence-corrected chi connectivity index (χ0v) is 37.0. The molecule has 0 amide bonds. The maximum atomic E-state index is 10.8. The molecule has 0 aliphatic heterocycles. The van der Waals surface area contributed by atoms with Crippen molar-refractivity contribution < 1.29 is 81.4 Å². The Balaban J connectivity index is -0.000000174. The molecule has 4 atom stereocenters. The summed E-state index contributed by atoms with van der Waals surface area (Å²) in [5, 5.41) is 43.2. The standard InChI is InChI=1S/4C10H20O2.Ce/c4*1-4-6-8-10(3,7-5-2)9(11)12;/h4*4-8H2,1-3H3,(H,11,12);/q;;;;+4/p-4. The summed E-state index contributed by atoms with van der Waals surface area (Å²) in [5.41, 5.74) is -2.37. The third-order valence-corrected chi connectivity index (χ3v) is 9.51. The van der Waals surface area contributed by atoms with E-state index in [0.717, 1.165) is 128 Å². The van der Waals surface area contributed by atoms with E-state index in [2.05, 4.69) is 27.7 Å². The summed E-state index contributed by atoms with van der Waals surface area (Å²) in [7, 11) is 0. The van der Waals surface area contributed by atoms with Crippen LogP contribution in [0.3, 0.4) is 0 Å². The molecule has 0 heterocycles. The van der Waals surface area contributed by atoms with E-state index < -0.39 is 45.5 Å². The van der Waals surface area contributed by atoms with E-state index in [-0.39, 0.29) is 41.7 Å². The summed E-state index contributed by atoms with van der Waals surface area (Å²) < 4.78 is 0. The van der Waals surface area contributed by atoms with E-state index in [9.17, 15) is 39.6 Å². The maximum absolute atomic E-state index is 10.8. The molecule has 0 aromatic carbocycles. The second kappa shape index (κ2) is 33.1. The van der Waals surface area contributed by atoms with Crippen molar-refractivity contribution in [2.24, 2.45) is 21.7 Å². The number of carbonyl (C=O) groups excluding carboxylic acids is 4. The van der Waals surface area contributed by atoms with Gasteiger partial charge in [0.1, 0.15) is 0 Å². The Bertz CT molecular complexity index is 714. The third kappa shape index (κ3) is 27.6. The van der Waals surface area contributed by atoms with Crippen LogP contribution in [0.1, 0.15) is 212 Å². The topological polar surface area (TPSA) is 161 Å². The minimum Gasteiger partial charge on any atom is -0.550 e. The van der Waals surface area contributed by atoms with Gasteiger partial charge in [0.15, 0.2) is 0 Å². The van der Waals surface area contributed by atoms with Crippen LogP contribution < -0.4 is 20.4 Å². The SMILES string of the molecule is CCCCC(C)(CCC)C(=O)[O-].CCCCC(C)(CCC)C(=O)[O-].CCCCC(C)(CCC)C(=O)[O-].CCCCC(C)(CCC)C(=O)[O-].[Ce+4]. The van der Waals surface area contributed by atoms with Crippen LogP contribution >= 0.6 is 0 Å². The number of rotatable bonds is 24. The van der Waals surface area contributed by atoms with Gasteiger partial charge in [-0.15, -0.1) is 0 Å². The van der Waals surface area contributed by atoms with Crippen molar-refractivity contribution in [2.75, 3.05) is 0 Å². The summed E-state index contributed by atoms with van der Waals surface area (Å²) in [6.07, 6.45) is 17.7. The molecule has 0 rings (SSSR count). The van der Waals surface area contributed by atoms with Gasteiger partial charge < -0.3 is 39.6 Å². The van der Waals surface area contributed by atoms with E-state index >= 15 is 0 Å². The molecule has 49 heavy (non-hydrogen) atoms. The van der Waals surface area contributed by atoms with Gasteiger partial charge in [0.2, 0.25) is 0 Å². The molecule has 0 saturated heterocycles. The van der Waals surface area contributed by atoms with Crippen LogP contribution in [0.15, 0.2) is 0 Å². The van der Waals surface area contributed by atoms with Crippen LogP contribution in [-0.4, -0.2) is 23.9 Å². The van der Waals surface area contributed by atoms with Crippen molar-refractivity contribution in [2.45, 2.75) is 212 Å². The molecular formula is C40H76CeO8. The van der Waals surface area contributed by atoms with Crippen LogP contribution in [0, 0.1) is 63.4 Å². The van der Waals surface area contributed by atoms with Crippen molar-refractivity contribution in [1.82, 2.24) is 0 Å². The molecule has 0 saturated carbocycles. The van der Waals surface area contributed by atoms with Crippen molar-refractivity contribution in [3.8, 4) is 0 Å². The number of hydrogen-bond acceptors (Lipinski definition) is 8. The smallest absolute Gasteiger partial charge is 0.550 e. The average Bonchev–Trinajstić information content (AvgIpc) is 3.02. The maximum Gasteiger partial charge on any atom is 4.00 e. The Morgan fingerprint density at radius 1 is 0.327 bits per heavy atom. The first-order valence-corrected chi connectivity index (χ1v) is 19.1. The van der Waals surface area contributed by atoms with E-state index in [0.29, 0.717) is 0 Å². The first-order chi connectivity index (χ1) is 22.3. The fourth-order valence-electron chi connectivity index (χ4n) is 5.79. The number of hydrogen-bond donors (Lipinski definition) is 0. The van der Waals surface area contributed by atoms with E-state index in [1.807, 2.05) is 27.7 Å². The van der Waals surface area contributed by atoms with Gasteiger partial charge in [-0.2, -0.15) is 0 Å². The van der Waals surface area contributed by atoms with Gasteiger partial charge in [-0.3, -0.25) is 0 Å². The molecule has 0 radical (unpaired) electrons. The summed E-state index contributed by atoms with van der Waals surface area (Å²) in [5.74, 6) is -3.56. The van der Waals surface area contributed by atoms with Gasteiger partial charge in [0.25, 0.3) is 0 Å². The summed E-state index contributed by atoms with van der Waals surface area (Å²) >= 11 is 0. The summed E-state index contributed by atoms with van der Waals surface area (Å²) in [6, 6.07) is 0. The third-order valence-electron chi connectivity index (χ3n) is 9.51. The van der Waals surface area contributed by atoms with Gasteiger partial charge in [-0.25, -0.2) is 0 Å². The number of carboxylic acids is 4. The molecule has 0 N–H and O–H groups in total. The molecule has 288 valence electrons. The fraction of sp³-hybridized carbons (Fsp3) is 0.900. The number of aliphatic carboxylic acids is 4. The largest absolute Gasteiger partial charge is 4.00 e. The second-order valence-corrected chi connectivity index (χ2v) is 14.8. The Labute approximate surface area is 336 Å².